The molecule has 0 heterocycles. The number of carboxylic acid groups (broad SMARTS) is 1. The summed E-state index contributed by atoms with van der Waals surface area (Å²) in [4.78, 5) is 10.2. The second-order valence-electron chi connectivity index (χ2n) is 5.77. The quantitative estimate of drug-likeness (QED) is 0.752. The minimum absolute atomic E-state index is 0.0460. The largest absolute Gasteiger partial charge is 0.481 e. The molecule has 1 N–H and O–H groups in total. The van der Waals surface area contributed by atoms with E-state index >= 15 is 0 Å². The lowest BCUT2D eigenvalue weighted by Gasteiger charge is -2.17. The molecular weight excluding hydrogens is 392 g/mol. The first-order chi connectivity index (χ1) is 12.3. The first kappa shape index (κ1) is 20.7. The van der Waals surface area contributed by atoms with E-state index in [0.29, 0.717) is 12.3 Å². The average molecular weight is 406 g/mol. The summed E-state index contributed by atoms with van der Waals surface area (Å²) in [7, 11) is -4.16. The van der Waals surface area contributed by atoms with E-state index < -0.39 is 49.9 Å². The number of rotatable bonds is 5. The summed E-state index contributed by atoms with van der Waals surface area (Å²) in [6.07, 6.45) is -4.34. The van der Waals surface area contributed by atoms with Gasteiger partial charge in [0.1, 0.15) is 17.3 Å². The molecule has 0 aliphatic heterocycles. The molecule has 1 atom stereocenters. The molecule has 0 aliphatic carbocycles. The van der Waals surface area contributed by atoms with Crippen LogP contribution in [0.15, 0.2) is 41.3 Å². The summed E-state index contributed by atoms with van der Waals surface area (Å²) >= 11 is 0. The number of carboxylic acids is 1. The Balaban J connectivity index is 2.56. The topological polar surface area (TPSA) is 80.7 Å². The maximum atomic E-state index is 13.5. The van der Waals surface area contributed by atoms with Crippen molar-refractivity contribution in [3.05, 3.63) is 53.3 Å². The highest BCUT2D eigenvalue weighted by Gasteiger charge is 2.36. The van der Waals surface area contributed by atoms with E-state index in [-0.39, 0.29) is 11.3 Å². The zero-order valence-electron chi connectivity index (χ0n) is 14.0. The highest BCUT2D eigenvalue weighted by Crippen LogP contribution is 2.38. The fourth-order valence-electron chi connectivity index (χ4n) is 2.33. The smallest absolute Gasteiger partial charge is 0.417 e. The molecule has 0 radical (unpaired) electrons. The van der Waals surface area contributed by atoms with E-state index in [9.17, 15) is 30.8 Å². The number of carbonyl (C=O) groups is 1. The molecule has 1 unspecified atom stereocenters. The number of hydrogen-bond acceptors (Lipinski definition) is 4. The fourth-order valence-corrected chi connectivity index (χ4v) is 3.22. The standard InChI is InChI=1S/C17H14F4O5S/c1-9(16(22)23)12-5-3-10(18)7-14(12)26-11-4-6-15(27(2,24)25)13(8-11)17(19,20)21/h3-9H,1-2H3,(H,22,23). The Hall–Kier alpha value is -2.62. The Morgan fingerprint density at radius 1 is 1.15 bits per heavy atom. The summed E-state index contributed by atoms with van der Waals surface area (Å²) in [5.41, 5.74) is -1.39. The molecule has 146 valence electrons. The third-order valence-corrected chi connectivity index (χ3v) is 4.85. The molecule has 2 aromatic carbocycles. The summed E-state index contributed by atoms with van der Waals surface area (Å²) in [6.45, 7) is 1.30. The number of benzene rings is 2. The lowest BCUT2D eigenvalue weighted by molar-refractivity contribution is -0.140. The van der Waals surface area contributed by atoms with Crippen molar-refractivity contribution in [2.45, 2.75) is 23.9 Å². The minimum Gasteiger partial charge on any atom is -0.481 e. The van der Waals surface area contributed by atoms with Crippen LogP contribution in [-0.4, -0.2) is 25.7 Å². The van der Waals surface area contributed by atoms with Crippen molar-refractivity contribution >= 4 is 15.8 Å². The molecule has 2 rings (SSSR count). The third kappa shape index (κ3) is 4.76. The van der Waals surface area contributed by atoms with Gasteiger partial charge in [-0.2, -0.15) is 13.2 Å². The summed E-state index contributed by atoms with van der Waals surface area (Å²) in [6, 6.07) is 5.16. The number of alkyl halides is 3. The van der Waals surface area contributed by atoms with Crippen LogP contribution in [0.2, 0.25) is 0 Å². The van der Waals surface area contributed by atoms with Gasteiger partial charge in [-0.05, 0) is 31.2 Å². The van der Waals surface area contributed by atoms with Crippen molar-refractivity contribution in [1.82, 2.24) is 0 Å². The molecule has 0 aliphatic rings. The fraction of sp³-hybridized carbons (Fsp3) is 0.235. The monoisotopic (exact) mass is 406 g/mol. The Labute approximate surface area is 152 Å². The van der Waals surface area contributed by atoms with Gasteiger partial charge in [-0.25, -0.2) is 12.8 Å². The van der Waals surface area contributed by atoms with Crippen LogP contribution in [0.25, 0.3) is 0 Å². The van der Waals surface area contributed by atoms with Crippen LogP contribution >= 0.6 is 0 Å². The molecule has 0 aromatic heterocycles. The van der Waals surface area contributed by atoms with E-state index in [1.807, 2.05) is 0 Å². The first-order valence-electron chi connectivity index (χ1n) is 7.42. The van der Waals surface area contributed by atoms with Crippen LogP contribution in [0.4, 0.5) is 17.6 Å². The lowest BCUT2D eigenvalue weighted by Crippen LogP contribution is -2.13. The SMILES string of the molecule is CC(C(=O)O)c1ccc(F)cc1Oc1ccc(S(C)(=O)=O)c(C(F)(F)F)c1. The first-order valence-corrected chi connectivity index (χ1v) is 9.31. The predicted molar refractivity (Wildman–Crippen MR) is 87.1 cm³/mol. The zero-order valence-corrected chi connectivity index (χ0v) is 14.9. The maximum Gasteiger partial charge on any atom is 0.417 e. The number of aliphatic carboxylic acids is 1. The van der Waals surface area contributed by atoms with Crippen LogP contribution in [0.3, 0.4) is 0 Å². The number of hydrogen-bond donors (Lipinski definition) is 1. The van der Waals surface area contributed by atoms with Crippen LogP contribution in [-0.2, 0) is 20.8 Å². The van der Waals surface area contributed by atoms with E-state index in [4.69, 9.17) is 9.84 Å². The Bertz CT molecular complexity index is 983. The minimum atomic E-state index is -4.98. The zero-order chi connectivity index (χ0) is 20.6. The molecular formula is C17H14F4O5S. The van der Waals surface area contributed by atoms with Gasteiger partial charge in [0.15, 0.2) is 9.84 Å². The molecule has 0 fully saturated rings. The van der Waals surface area contributed by atoms with Gasteiger partial charge in [0.05, 0.1) is 16.4 Å². The van der Waals surface area contributed by atoms with Crippen LogP contribution in [0, 0.1) is 5.82 Å². The van der Waals surface area contributed by atoms with Crippen molar-refractivity contribution in [2.75, 3.05) is 6.26 Å². The van der Waals surface area contributed by atoms with E-state index in [0.717, 1.165) is 30.3 Å². The molecule has 0 bridgehead atoms. The summed E-state index contributed by atoms with van der Waals surface area (Å²) in [5.74, 6) is -3.84. The second-order valence-corrected chi connectivity index (χ2v) is 7.76. The van der Waals surface area contributed by atoms with Crippen molar-refractivity contribution in [3.8, 4) is 11.5 Å². The Kier molecular flexibility index (Phi) is 5.50. The molecule has 0 saturated carbocycles. The highest BCUT2D eigenvalue weighted by molar-refractivity contribution is 7.90. The van der Waals surface area contributed by atoms with Gasteiger partial charge in [-0.3, -0.25) is 4.79 Å². The van der Waals surface area contributed by atoms with Gasteiger partial charge in [0.2, 0.25) is 0 Å². The van der Waals surface area contributed by atoms with Crippen molar-refractivity contribution in [1.29, 1.82) is 0 Å². The molecule has 2 aromatic rings. The molecule has 0 amide bonds. The number of sulfone groups is 1. The Morgan fingerprint density at radius 2 is 1.78 bits per heavy atom. The third-order valence-electron chi connectivity index (χ3n) is 3.70. The molecule has 27 heavy (non-hydrogen) atoms. The van der Waals surface area contributed by atoms with Crippen LogP contribution in [0.1, 0.15) is 24.0 Å². The maximum absolute atomic E-state index is 13.5. The van der Waals surface area contributed by atoms with Crippen molar-refractivity contribution in [2.24, 2.45) is 0 Å². The van der Waals surface area contributed by atoms with E-state index in [2.05, 4.69) is 0 Å². The van der Waals surface area contributed by atoms with Crippen molar-refractivity contribution < 1.29 is 40.6 Å². The summed E-state index contributed by atoms with van der Waals surface area (Å²) in [5, 5.41) is 9.11. The van der Waals surface area contributed by atoms with Crippen LogP contribution in [0.5, 0.6) is 11.5 Å². The van der Waals surface area contributed by atoms with Gasteiger partial charge < -0.3 is 9.84 Å². The van der Waals surface area contributed by atoms with Crippen LogP contribution < -0.4 is 4.74 Å². The Morgan fingerprint density at radius 3 is 2.30 bits per heavy atom. The van der Waals surface area contributed by atoms with Gasteiger partial charge in [0, 0.05) is 17.9 Å². The van der Waals surface area contributed by atoms with Gasteiger partial charge in [-0.15, -0.1) is 0 Å². The van der Waals surface area contributed by atoms with Gasteiger partial charge in [0.25, 0.3) is 0 Å². The number of halogens is 4. The molecule has 5 nitrogen and oxygen atoms in total. The normalized spacial score (nSPS) is 13.3. The molecule has 0 spiro atoms. The highest BCUT2D eigenvalue weighted by atomic mass is 32.2. The molecule has 10 heteroatoms. The number of ether oxygens (including phenoxy) is 1. The lowest BCUT2D eigenvalue weighted by atomic mass is 10.0. The second kappa shape index (κ2) is 7.18. The van der Waals surface area contributed by atoms with Crippen molar-refractivity contribution in [3.63, 3.8) is 0 Å². The van der Waals surface area contributed by atoms with E-state index in [1.54, 1.807) is 0 Å². The van der Waals surface area contributed by atoms with E-state index in [1.165, 1.54) is 6.92 Å². The van der Waals surface area contributed by atoms with Gasteiger partial charge in [-0.1, -0.05) is 6.07 Å². The summed E-state index contributed by atoms with van der Waals surface area (Å²) < 4.78 is 81.6. The van der Waals surface area contributed by atoms with Gasteiger partial charge >= 0.3 is 12.1 Å². The average Bonchev–Trinajstić information content (AvgIpc) is 2.52. The predicted octanol–water partition coefficient (Wildman–Crippen LogP) is 4.23. The molecule has 0 saturated heterocycles.